The number of carboxylic acid groups (broad SMARTS) is 1. The lowest BCUT2D eigenvalue weighted by molar-refractivity contribution is -0.139. The number of ether oxygens (including phenoxy) is 1. The Balaban J connectivity index is 1.78. The SMILES string of the molecule is Cc1cc(S(=O)(=O)Nc2ccccc2SC2CCCC2)ccc1OCC(=O)O. The molecule has 8 heteroatoms. The minimum absolute atomic E-state index is 0.105. The molecule has 0 amide bonds. The van der Waals surface area contributed by atoms with Gasteiger partial charge in [0.15, 0.2) is 6.61 Å². The standard InChI is InChI=1S/C20H23NO5S2/c1-14-12-16(10-11-18(14)26-13-20(22)23)28(24,25)21-17-8-4-5-9-19(17)27-15-6-2-3-7-15/h4-5,8-12,15,21H,2-3,6-7,13H2,1H3,(H,22,23). The number of sulfonamides is 1. The first-order chi connectivity index (χ1) is 13.3. The predicted molar refractivity (Wildman–Crippen MR) is 110 cm³/mol. The van der Waals surface area contributed by atoms with Crippen LogP contribution >= 0.6 is 11.8 Å². The summed E-state index contributed by atoms with van der Waals surface area (Å²) >= 11 is 1.73. The Morgan fingerprint density at radius 1 is 1.21 bits per heavy atom. The number of carbonyl (C=O) groups is 1. The average molecular weight is 422 g/mol. The Kier molecular flexibility index (Phi) is 6.51. The molecule has 6 nitrogen and oxygen atoms in total. The molecular formula is C20H23NO5S2. The molecule has 150 valence electrons. The lowest BCUT2D eigenvalue weighted by atomic mass is 10.2. The van der Waals surface area contributed by atoms with E-state index in [1.54, 1.807) is 24.8 Å². The minimum Gasteiger partial charge on any atom is -0.482 e. The van der Waals surface area contributed by atoms with Gasteiger partial charge in [-0.05, 0) is 55.7 Å². The van der Waals surface area contributed by atoms with Crippen LogP contribution in [0.1, 0.15) is 31.2 Å². The largest absolute Gasteiger partial charge is 0.482 e. The van der Waals surface area contributed by atoms with Crippen molar-refractivity contribution in [1.82, 2.24) is 0 Å². The van der Waals surface area contributed by atoms with E-state index >= 15 is 0 Å². The molecule has 0 radical (unpaired) electrons. The summed E-state index contributed by atoms with van der Waals surface area (Å²) in [6.07, 6.45) is 4.76. The van der Waals surface area contributed by atoms with Crippen LogP contribution < -0.4 is 9.46 Å². The fourth-order valence-electron chi connectivity index (χ4n) is 3.13. The molecule has 0 heterocycles. The average Bonchev–Trinajstić information content (AvgIpc) is 3.15. The highest BCUT2D eigenvalue weighted by Crippen LogP contribution is 2.38. The number of hydrogen-bond acceptors (Lipinski definition) is 5. The highest BCUT2D eigenvalue weighted by atomic mass is 32.2. The highest BCUT2D eigenvalue weighted by molar-refractivity contribution is 8.00. The second-order valence-electron chi connectivity index (χ2n) is 6.74. The molecule has 0 saturated heterocycles. The molecule has 1 aliphatic carbocycles. The number of benzene rings is 2. The Bertz CT molecular complexity index is 953. The molecule has 3 rings (SSSR count). The topological polar surface area (TPSA) is 92.7 Å². The second kappa shape index (κ2) is 8.87. The van der Waals surface area contributed by atoms with Crippen molar-refractivity contribution in [3.8, 4) is 5.75 Å². The van der Waals surface area contributed by atoms with Gasteiger partial charge >= 0.3 is 5.97 Å². The third kappa shape index (κ3) is 5.20. The van der Waals surface area contributed by atoms with Crippen LogP contribution in [0.25, 0.3) is 0 Å². The number of carboxylic acids is 1. The maximum absolute atomic E-state index is 12.9. The van der Waals surface area contributed by atoms with Crippen LogP contribution in [0.4, 0.5) is 5.69 Å². The van der Waals surface area contributed by atoms with Crippen molar-refractivity contribution < 1.29 is 23.1 Å². The molecule has 2 aromatic carbocycles. The molecule has 2 N–H and O–H groups in total. The number of thioether (sulfide) groups is 1. The maximum atomic E-state index is 12.9. The van der Waals surface area contributed by atoms with Crippen LogP contribution in [0.3, 0.4) is 0 Å². The lowest BCUT2D eigenvalue weighted by Crippen LogP contribution is -2.14. The van der Waals surface area contributed by atoms with Crippen molar-refractivity contribution in [2.45, 2.75) is 47.6 Å². The Hall–Kier alpha value is -2.19. The maximum Gasteiger partial charge on any atom is 0.341 e. The van der Waals surface area contributed by atoms with E-state index in [1.807, 2.05) is 18.2 Å². The highest BCUT2D eigenvalue weighted by Gasteiger charge is 2.21. The molecule has 0 aromatic heterocycles. The molecule has 0 bridgehead atoms. The van der Waals surface area contributed by atoms with E-state index in [1.165, 1.54) is 31.0 Å². The van der Waals surface area contributed by atoms with E-state index in [0.717, 1.165) is 17.7 Å². The monoisotopic (exact) mass is 421 g/mol. The lowest BCUT2D eigenvalue weighted by Gasteiger charge is -2.15. The van der Waals surface area contributed by atoms with E-state index in [2.05, 4.69) is 4.72 Å². The number of anilines is 1. The molecule has 1 saturated carbocycles. The number of nitrogens with one attached hydrogen (secondary N) is 1. The minimum atomic E-state index is -3.78. The van der Waals surface area contributed by atoms with E-state index < -0.39 is 22.6 Å². The summed E-state index contributed by atoms with van der Waals surface area (Å²) in [5.41, 5.74) is 1.13. The van der Waals surface area contributed by atoms with Gasteiger partial charge in [0.2, 0.25) is 0 Å². The van der Waals surface area contributed by atoms with E-state index in [4.69, 9.17) is 9.84 Å². The third-order valence-electron chi connectivity index (χ3n) is 4.54. The first-order valence-electron chi connectivity index (χ1n) is 9.09. The van der Waals surface area contributed by atoms with Gasteiger partial charge in [0.05, 0.1) is 10.6 Å². The van der Waals surface area contributed by atoms with Gasteiger partial charge in [-0.1, -0.05) is 25.0 Å². The van der Waals surface area contributed by atoms with Crippen LogP contribution in [0.15, 0.2) is 52.3 Å². The van der Waals surface area contributed by atoms with Crippen LogP contribution in [0, 0.1) is 6.92 Å². The summed E-state index contributed by atoms with van der Waals surface area (Å²) < 4.78 is 33.6. The zero-order valence-electron chi connectivity index (χ0n) is 15.6. The molecule has 1 fully saturated rings. The van der Waals surface area contributed by atoms with Crippen molar-refractivity contribution in [2.75, 3.05) is 11.3 Å². The first kappa shape index (κ1) is 20.5. The molecule has 2 aromatic rings. The predicted octanol–water partition coefficient (Wildman–Crippen LogP) is 4.29. The fraction of sp³-hybridized carbons (Fsp3) is 0.350. The van der Waals surface area contributed by atoms with Crippen molar-refractivity contribution in [3.63, 3.8) is 0 Å². The molecule has 0 aliphatic heterocycles. The molecule has 1 aliphatic rings. The summed E-state index contributed by atoms with van der Waals surface area (Å²) in [7, 11) is -3.78. The number of aliphatic carboxylic acids is 1. The molecule has 0 unspecified atom stereocenters. The molecule has 0 atom stereocenters. The summed E-state index contributed by atoms with van der Waals surface area (Å²) in [5.74, 6) is -0.743. The molecular weight excluding hydrogens is 398 g/mol. The normalized spacial score (nSPS) is 14.8. The van der Waals surface area contributed by atoms with Crippen LogP contribution in [0.2, 0.25) is 0 Å². The summed E-state index contributed by atoms with van der Waals surface area (Å²) in [6, 6.07) is 11.8. The van der Waals surface area contributed by atoms with E-state index in [9.17, 15) is 13.2 Å². The van der Waals surface area contributed by atoms with Gasteiger partial charge in [-0.2, -0.15) is 0 Å². The van der Waals surface area contributed by atoms with Crippen LogP contribution in [-0.4, -0.2) is 31.4 Å². The summed E-state index contributed by atoms with van der Waals surface area (Å²) in [4.78, 5) is 11.7. The Morgan fingerprint density at radius 3 is 2.61 bits per heavy atom. The summed E-state index contributed by atoms with van der Waals surface area (Å²) in [5, 5.41) is 9.24. The van der Waals surface area contributed by atoms with Gasteiger partial charge in [0.1, 0.15) is 5.75 Å². The number of para-hydroxylation sites is 1. The van der Waals surface area contributed by atoms with Crippen molar-refractivity contribution in [3.05, 3.63) is 48.0 Å². The molecule has 0 spiro atoms. The molecule has 28 heavy (non-hydrogen) atoms. The van der Waals surface area contributed by atoms with Gasteiger partial charge in [-0.3, -0.25) is 4.72 Å². The van der Waals surface area contributed by atoms with Gasteiger partial charge in [-0.25, -0.2) is 13.2 Å². The number of rotatable bonds is 8. The summed E-state index contributed by atoms with van der Waals surface area (Å²) in [6.45, 7) is 1.21. The smallest absolute Gasteiger partial charge is 0.341 e. The third-order valence-corrected chi connectivity index (χ3v) is 7.31. The van der Waals surface area contributed by atoms with Crippen molar-refractivity contribution in [1.29, 1.82) is 0 Å². The van der Waals surface area contributed by atoms with Gasteiger partial charge in [-0.15, -0.1) is 11.8 Å². The fourth-order valence-corrected chi connectivity index (χ4v) is 5.69. The quantitative estimate of drug-likeness (QED) is 0.660. The first-order valence-corrected chi connectivity index (χ1v) is 11.5. The van der Waals surface area contributed by atoms with Crippen molar-refractivity contribution in [2.24, 2.45) is 0 Å². The second-order valence-corrected chi connectivity index (χ2v) is 9.76. The van der Waals surface area contributed by atoms with E-state index in [-0.39, 0.29) is 4.90 Å². The Morgan fingerprint density at radius 2 is 1.93 bits per heavy atom. The number of hydrogen-bond donors (Lipinski definition) is 2. The zero-order valence-corrected chi connectivity index (χ0v) is 17.2. The van der Waals surface area contributed by atoms with Crippen LogP contribution in [-0.2, 0) is 14.8 Å². The van der Waals surface area contributed by atoms with E-state index in [0.29, 0.717) is 22.3 Å². The number of aryl methyl sites for hydroxylation is 1. The van der Waals surface area contributed by atoms with Gasteiger partial charge in [0.25, 0.3) is 10.0 Å². The van der Waals surface area contributed by atoms with Gasteiger partial charge in [0, 0.05) is 10.1 Å². The van der Waals surface area contributed by atoms with Crippen molar-refractivity contribution >= 4 is 33.4 Å². The van der Waals surface area contributed by atoms with Gasteiger partial charge < -0.3 is 9.84 Å². The Labute approximate surface area is 169 Å². The zero-order chi connectivity index (χ0) is 20.1. The van der Waals surface area contributed by atoms with Crippen LogP contribution in [0.5, 0.6) is 5.75 Å².